The molecule has 2 amide bonds. The van der Waals surface area contributed by atoms with E-state index in [4.69, 9.17) is 4.74 Å². The molecule has 0 saturated carbocycles. The number of carbonyl (C=O) groups is 1. The van der Waals surface area contributed by atoms with Crippen molar-refractivity contribution in [3.8, 4) is 0 Å². The van der Waals surface area contributed by atoms with Crippen LogP contribution in [0, 0.1) is 5.82 Å². The van der Waals surface area contributed by atoms with Gasteiger partial charge < -0.3 is 15.0 Å². The summed E-state index contributed by atoms with van der Waals surface area (Å²) >= 11 is 0. The van der Waals surface area contributed by atoms with E-state index in [1.165, 1.54) is 12.1 Å². The highest BCUT2D eigenvalue weighted by molar-refractivity contribution is 5.74. The van der Waals surface area contributed by atoms with Gasteiger partial charge in [-0.1, -0.05) is 48.5 Å². The molecule has 0 aliphatic carbocycles. The molecule has 0 bridgehead atoms. The molecule has 2 heterocycles. The Morgan fingerprint density at radius 2 is 1.69 bits per heavy atom. The number of hydrogen-bond donors (Lipinski definition) is 1. The first kappa shape index (κ1) is 19.1. The second-order valence-corrected chi connectivity index (χ2v) is 7.00. The number of rotatable bonds is 4. The lowest BCUT2D eigenvalue weighted by Gasteiger charge is -2.38. The van der Waals surface area contributed by atoms with Gasteiger partial charge in [0.15, 0.2) is 0 Å². The maximum atomic E-state index is 13.3. The molecule has 6 heteroatoms. The lowest BCUT2D eigenvalue weighted by atomic mass is 10.0. The molecule has 29 heavy (non-hydrogen) atoms. The lowest BCUT2D eigenvalue weighted by Crippen LogP contribution is -2.48. The van der Waals surface area contributed by atoms with Gasteiger partial charge in [0.1, 0.15) is 18.0 Å². The Morgan fingerprint density at radius 1 is 1.00 bits per heavy atom. The molecule has 3 aromatic rings. The maximum absolute atomic E-state index is 13.3. The van der Waals surface area contributed by atoms with Crippen LogP contribution in [0.1, 0.15) is 28.9 Å². The first-order valence-electron chi connectivity index (χ1n) is 9.56. The minimum atomic E-state index is -0.335. The predicted octanol–water partition coefficient (Wildman–Crippen LogP) is 4.25. The van der Waals surface area contributed by atoms with E-state index < -0.39 is 0 Å². The van der Waals surface area contributed by atoms with E-state index in [0.29, 0.717) is 19.6 Å². The highest BCUT2D eigenvalue weighted by atomic mass is 19.1. The number of hydrogen-bond acceptors (Lipinski definition) is 3. The van der Waals surface area contributed by atoms with Gasteiger partial charge in [-0.05, 0) is 34.9 Å². The molecule has 2 atom stereocenters. The molecule has 4 rings (SSSR count). The van der Waals surface area contributed by atoms with Crippen molar-refractivity contribution in [1.82, 2.24) is 15.2 Å². The molecule has 1 aliphatic heterocycles. The smallest absolute Gasteiger partial charge is 0.317 e. The Morgan fingerprint density at radius 3 is 2.34 bits per heavy atom. The molecule has 1 aromatic heterocycles. The van der Waals surface area contributed by atoms with Crippen molar-refractivity contribution in [2.75, 3.05) is 13.1 Å². The predicted molar refractivity (Wildman–Crippen MR) is 107 cm³/mol. The van der Waals surface area contributed by atoms with Crippen LogP contribution in [0.15, 0.2) is 79.1 Å². The van der Waals surface area contributed by atoms with Crippen molar-refractivity contribution in [3.05, 3.63) is 102 Å². The summed E-state index contributed by atoms with van der Waals surface area (Å²) < 4.78 is 19.6. The van der Waals surface area contributed by atoms with E-state index in [0.717, 1.165) is 16.7 Å². The van der Waals surface area contributed by atoms with Gasteiger partial charge in [-0.3, -0.25) is 4.98 Å². The number of amides is 2. The van der Waals surface area contributed by atoms with Crippen LogP contribution in [0.5, 0.6) is 0 Å². The number of pyridine rings is 1. The number of urea groups is 1. The third kappa shape index (κ3) is 4.78. The van der Waals surface area contributed by atoms with Crippen LogP contribution < -0.4 is 5.32 Å². The number of aromatic nitrogens is 1. The number of ether oxygens (including phenoxy) is 1. The molecule has 1 N–H and O–H groups in total. The van der Waals surface area contributed by atoms with Crippen molar-refractivity contribution < 1.29 is 13.9 Å². The number of benzene rings is 2. The Labute approximate surface area is 169 Å². The van der Waals surface area contributed by atoms with E-state index in [2.05, 4.69) is 10.3 Å². The molecule has 2 aromatic carbocycles. The minimum Gasteiger partial charge on any atom is -0.362 e. The Bertz CT molecular complexity index is 935. The standard InChI is InChI=1S/C23H22FN3O2/c24-20-10-8-19(9-11-20)22-16-27(15-21(29-22)18-6-2-1-3-7-18)23(28)26-14-17-5-4-12-25-13-17/h1-13,21-22H,14-16H2,(H,26,28). The molecule has 5 nitrogen and oxygen atoms in total. The fraction of sp³-hybridized carbons (Fsp3) is 0.217. The van der Waals surface area contributed by atoms with E-state index in [-0.39, 0.29) is 24.1 Å². The van der Waals surface area contributed by atoms with Gasteiger partial charge in [0, 0.05) is 18.9 Å². The molecule has 1 saturated heterocycles. The highest BCUT2D eigenvalue weighted by Crippen LogP contribution is 2.33. The van der Waals surface area contributed by atoms with Gasteiger partial charge in [0.25, 0.3) is 0 Å². The summed E-state index contributed by atoms with van der Waals surface area (Å²) in [4.78, 5) is 18.7. The number of carbonyl (C=O) groups excluding carboxylic acids is 1. The monoisotopic (exact) mass is 391 g/mol. The summed E-state index contributed by atoms with van der Waals surface area (Å²) in [5, 5.41) is 2.95. The van der Waals surface area contributed by atoms with E-state index in [1.807, 2.05) is 42.5 Å². The van der Waals surface area contributed by atoms with Crippen molar-refractivity contribution >= 4 is 6.03 Å². The highest BCUT2D eigenvalue weighted by Gasteiger charge is 2.32. The van der Waals surface area contributed by atoms with Crippen LogP contribution in [-0.4, -0.2) is 29.0 Å². The Kier molecular flexibility index (Phi) is 5.81. The van der Waals surface area contributed by atoms with E-state index in [9.17, 15) is 9.18 Å². The number of morpholine rings is 1. The summed E-state index contributed by atoms with van der Waals surface area (Å²) in [5.74, 6) is -0.296. The van der Waals surface area contributed by atoms with Crippen LogP contribution in [0.2, 0.25) is 0 Å². The molecule has 2 unspecified atom stereocenters. The third-order valence-corrected chi connectivity index (χ3v) is 4.97. The Balaban J connectivity index is 1.51. The van der Waals surface area contributed by atoms with Crippen LogP contribution in [-0.2, 0) is 11.3 Å². The van der Waals surface area contributed by atoms with Crippen molar-refractivity contribution in [2.24, 2.45) is 0 Å². The topological polar surface area (TPSA) is 54.5 Å². The van der Waals surface area contributed by atoms with Crippen LogP contribution in [0.4, 0.5) is 9.18 Å². The van der Waals surface area contributed by atoms with Crippen LogP contribution in [0.25, 0.3) is 0 Å². The second kappa shape index (κ2) is 8.84. The SMILES string of the molecule is O=C(NCc1cccnc1)N1CC(c2ccccc2)OC(c2ccc(F)cc2)C1. The van der Waals surface area contributed by atoms with E-state index >= 15 is 0 Å². The van der Waals surface area contributed by atoms with Gasteiger partial charge in [0.05, 0.1) is 13.1 Å². The molecule has 0 spiro atoms. The molecule has 0 radical (unpaired) electrons. The first-order chi connectivity index (χ1) is 14.2. The van der Waals surface area contributed by atoms with Gasteiger partial charge in [-0.2, -0.15) is 0 Å². The summed E-state index contributed by atoms with van der Waals surface area (Å²) in [7, 11) is 0. The summed E-state index contributed by atoms with van der Waals surface area (Å²) in [5.41, 5.74) is 2.78. The summed E-state index contributed by atoms with van der Waals surface area (Å²) in [6.45, 7) is 1.25. The molecule has 1 aliphatic rings. The van der Waals surface area contributed by atoms with Crippen LogP contribution >= 0.6 is 0 Å². The van der Waals surface area contributed by atoms with Gasteiger partial charge in [0.2, 0.25) is 0 Å². The lowest BCUT2D eigenvalue weighted by molar-refractivity contribution is -0.0767. The van der Waals surface area contributed by atoms with Crippen molar-refractivity contribution in [1.29, 1.82) is 0 Å². The number of nitrogens with one attached hydrogen (secondary N) is 1. The molecular weight excluding hydrogens is 369 g/mol. The van der Waals surface area contributed by atoms with Crippen LogP contribution in [0.3, 0.4) is 0 Å². The van der Waals surface area contributed by atoms with Crippen molar-refractivity contribution in [2.45, 2.75) is 18.8 Å². The number of nitrogens with zero attached hydrogens (tertiary/aromatic N) is 2. The normalized spacial score (nSPS) is 19.0. The first-order valence-corrected chi connectivity index (χ1v) is 9.56. The second-order valence-electron chi connectivity index (χ2n) is 7.00. The summed E-state index contributed by atoms with van der Waals surface area (Å²) in [6, 6.07) is 19.7. The largest absolute Gasteiger partial charge is 0.362 e. The number of halogens is 1. The van der Waals surface area contributed by atoms with Gasteiger partial charge >= 0.3 is 6.03 Å². The fourth-order valence-corrected chi connectivity index (χ4v) is 3.43. The van der Waals surface area contributed by atoms with E-state index in [1.54, 1.807) is 29.4 Å². The van der Waals surface area contributed by atoms with Crippen molar-refractivity contribution in [3.63, 3.8) is 0 Å². The fourth-order valence-electron chi connectivity index (χ4n) is 3.43. The van der Waals surface area contributed by atoms with Gasteiger partial charge in [-0.15, -0.1) is 0 Å². The summed E-state index contributed by atoms with van der Waals surface area (Å²) in [6.07, 6.45) is 2.83. The minimum absolute atomic E-state index is 0.162. The average Bonchev–Trinajstić information content (AvgIpc) is 2.79. The molecule has 1 fully saturated rings. The zero-order valence-electron chi connectivity index (χ0n) is 15.9. The Hall–Kier alpha value is -3.25. The van der Waals surface area contributed by atoms with Gasteiger partial charge in [-0.25, -0.2) is 9.18 Å². The third-order valence-electron chi connectivity index (χ3n) is 4.97. The molecule has 148 valence electrons. The zero-order valence-corrected chi connectivity index (χ0v) is 15.9. The quantitative estimate of drug-likeness (QED) is 0.724. The molecular formula is C23H22FN3O2. The maximum Gasteiger partial charge on any atom is 0.317 e. The zero-order chi connectivity index (χ0) is 20.1. The average molecular weight is 391 g/mol.